The second-order valence-electron chi connectivity index (χ2n) is 2.64. The van der Waals surface area contributed by atoms with Crippen LogP contribution in [0.15, 0.2) is 28.2 Å². The highest BCUT2D eigenvalue weighted by Gasteiger charge is 2.02. The average Bonchev–Trinajstić information content (AvgIpc) is 2.10. The van der Waals surface area contributed by atoms with Crippen molar-refractivity contribution in [3.05, 3.63) is 24.0 Å². The van der Waals surface area contributed by atoms with Gasteiger partial charge in [0.05, 0.1) is 0 Å². The second kappa shape index (κ2) is 4.27. The van der Waals surface area contributed by atoms with E-state index in [9.17, 15) is 4.39 Å². The number of phenols is 1. The molecule has 1 aromatic rings. The first-order valence-corrected chi connectivity index (χ1v) is 3.91. The van der Waals surface area contributed by atoms with E-state index in [1.54, 1.807) is 0 Å². The molecule has 7 N–H and O–H groups in total. The van der Waals surface area contributed by atoms with E-state index in [0.29, 0.717) is 0 Å². The maximum atomic E-state index is 13.1. The van der Waals surface area contributed by atoms with Crippen molar-refractivity contribution in [1.82, 2.24) is 0 Å². The summed E-state index contributed by atoms with van der Waals surface area (Å²) in [4.78, 5) is 6.97. The third-order valence-corrected chi connectivity index (χ3v) is 1.41. The molecule has 15 heavy (non-hydrogen) atoms. The van der Waals surface area contributed by atoms with Gasteiger partial charge >= 0.3 is 0 Å². The lowest BCUT2D eigenvalue weighted by atomic mass is 10.3. The van der Waals surface area contributed by atoms with Crippen molar-refractivity contribution in [2.45, 2.75) is 0 Å². The molecule has 0 saturated carbocycles. The number of aromatic hydroxyl groups is 1. The molecule has 1 aromatic carbocycles. The Hall–Kier alpha value is -2.31. The summed E-state index contributed by atoms with van der Waals surface area (Å²) in [7, 11) is 0. The number of hydrogen-bond acceptors (Lipinski definition) is 2. The fourth-order valence-corrected chi connectivity index (χ4v) is 0.867. The molecule has 0 spiro atoms. The van der Waals surface area contributed by atoms with E-state index < -0.39 is 5.82 Å². The van der Waals surface area contributed by atoms with Crippen molar-refractivity contribution >= 4 is 17.6 Å². The van der Waals surface area contributed by atoms with Crippen molar-refractivity contribution in [2.75, 3.05) is 0 Å². The Morgan fingerprint density at radius 1 is 1.27 bits per heavy atom. The molecule has 0 aliphatic heterocycles. The molecule has 0 radical (unpaired) electrons. The number of guanidine groups is 2. The van der Waals surface area contributed by atoms with Crippen molar-refractivity contribution in [3.8, 4) is 5.75 Å². The Morgan fingerprint density at radius 3 is 2.53 bits per heavy atom. The molecule has 0 amide bonds. The van der Waals surface area contributed by atoms with Crippen molar-refractivity contribution in [2.24, 2.45) is 27.2 Å². The minimum atomic E-state index is -0.637. The van der Waals surface area contributed by atoms with Crippen LogP contribution in [0.5, 0.6) is 5.75 Å². The number of nitrogens with two attached hydrogens (primary N) is 3. The van der Waals surface area contributed by atoms with Crippen molar-refractivity contribution < 1.29 is 9.50 Å². The van der Waals surface area contributed by atoms with E-state index in [0.717, 1.165) is 12.1 Å². The molecule has 0 atom stereocenters. The Labute approximate surface area is 84.9 Å². The van der Waals surface area contributed by atoms with Crippen LogP contribution in [-0.2, 0) is 0 Å². The smallest absolute Gasteiger partial charge is 0.223 e. The van der Waals surface area contributed by atoms with Crippen LogP contribution in [0.25, 0.3) is 0 Å². The quantitative estimate of drug-likeness (QED) is 0.377. The zero-order chi connectivity index (χ0) is 11.4. The highest BCUT2D eigenvalue weighted by atomic mass is 19.1. The highest BCUT2D eigenvalue weighted by molar-refractivity contribution is 5.93. The summed E-state index contributed by atoms with van der Waals surface area (Å²) in [5.41, 5.74) is 15.2. The summed E-state index contributed by atoms with van der Waals surface area (Å²) in [6.45, 7) is 0. The van der Waals surface area contributed by atoms with Crippen LogP contribution in [-0.4, -0.2) is 17.0 Å². The number of benzene rings is 1. The van der Waals surface area contributed by atoms with Gasteiger partial charge in [-0.05, 0) is 12.1 Å². The molecular weight excluding hydrogens is 201 g/mol. The molecule has 7 heteroatoms. The van der Waals surface area contributed by atoms with E-state index in [-0.39, 0.29) is 23.4 Å². The largest absolute Gasteiger partial charge is 0.508 e. The van der Waals surface area contributed by atoms with Gasteiger partial charge in [0.1, 0.15) is 17.3 Å². The maximum absolute atomic E-state index is 13.1. The van der Waals surface area contributed by atoms with Crippen LogP contribution in [0.2, 0.25) is 0 Å². The van der Waals surface area contributed by atoms with Gasteiger partial charge in [-0.15, -0.1) is 0 Å². The number of rotatable bonds is 1. The minimum Gasteiger partial charge on any atom is -0.508 e. The summed E-state index contributed by atoms with van der Waals surface area (Å²) in [5.74, 6) is -1.34. The normalized spacial score (nSPS) is 11.1. The van der Waals surface area contributed by atoms with Gasteiger partial charge in [0.25, 0.3) is 0 Å². The standard InChI is InChI=1S/C8H10FN5O/c9-5-2-1-4(15)3-6(5)13-8(12)14-7(10)11/h1-3,15H,(H6,10,11,12,13,14). The van der Waals surface area contributed by atoms with E-state index in [2.05, 4.69) is 9.98 Å². The van der Waals surface area contributed by atoms with Crippen LogP contribution in [0, 0.1) is 5.82 Å². The zero-order valence-electron chi connectivity index (χ0n) is 7.68. The Morgan fingerprint density at radius 2 is 1.93 bits per heavy atom. The number of halogens is 1. The van der Waals surface area contributed by atoms with Gasteiger partial charge in [0.2, 0.25) is 5.96 Å². The first-order chi connectivity index (χ1) is 6.99. The molecule has 0 aromatic heterocycles. The summed E-state index contributed by atoms with van der Waals surface area (Å²) < 4.78 is 13.1. The summed E-state index contributed by atoms with van der Waals surface area (Å²) in [5, 5.41) is 9.07. The fourth-order valence-electron chi connectivity index (χ4n) is 0.867. The van der Waals surface area contributed by atoms with Gasteiger partial charge in [0, 0.05) is 6.07 Å². The summed E-state index contributed by atoms with van der Waals surface area (Å²) in [6.07, 6.45) is 0. The molecule has 0 aliphatic carbocycles. The average molecular weight is 211 g/mol. The summed E-state index contributed by atoms with van der Waals surface area (Å²) >= 11 is 0. The van der Waals surface area contributed by atoms with E-state index in [1.165, 1.54) is 6.07 Å². The molecule has 1 rings (SSSR count). The Bertz CT molecular complexity index is 425. The lowest BCUT2D eigenvalue weighted by Gasteiger charge is -1.98. The molecule has 0 saturated heterocycles. The van der Waals surface area contributed by atoms with Gasteiger partial charge in [-0.25, -0.2) is 9.38 Å². The molecule has 0 heterocycles. The lowest BCUT2D eigenvalue weighted by Crippen LogP contribution is -2.26. The third kappa shape index (κ3) is 3.14. The van der Waals surface area contributed by atoms with Gasteiger partial charge < -0.3 is 22.3 Å². The van der Waals surface area contributed by atoms with Crippen molar-refractivity contribution in [1.29, 1.82) is 0 Å². The monoisotopic (exact) mass is 211 g/mol. The van der Waals surface area contributed by atoms with Crippen LogP contribution < -0.4 is 17.2 Å². The van der Waals surface area contributed by atoms with Gasteiger partial charge in [0.15, 0.2) is 5.96 Å². The van der Waals surface area contributed by atoms with E-state index in [1.807, 2.05) is 0 Å². The van der Waals surface area contributed by atoms with Gasteiger partial charge in [-0.2, -0.15) is 4.99 Å². The minimum absolute atomic E-state index is 0.132. The maximum Gasteiger partial charge on any atom is 0.223 e. The molecule has 0 unspecified atom stereocenters. The molecule has 0 bridgehead atoms. The molecule has 6 nitrogen and oxygen atoms in total. The third-order valence-electron chi connectivity index (χ3n) is 1.41. The van der Waals surface area contributed by atoms with E-state index >= 15 is 0 Å². The Balaban J connectivity index is 3.07. The van der Waals surface area contributed by atoms with Crippen LogP contribution in [0.4, 0.5) is 10.1 Å². The second-order valence-corrected chi connectivity index (χ2v) is 2.64. The van der Waals surface area contributed by atoms with Crippen molar-refractivity contribution in [3.63, 3.8) is 0 Å². The predicted molar refractivity (Wildman–Crippen MR) is 55.2 cm³/mol. The first kappa shape index (κ1) is 10.8. The summed E-state index contributed by atoms with van der Waals surface area (Å²) in [6, 6.07) is 3.34. The highest BCUT2D eigenvalue weighted by Crippen LogP contribution is 2.22. The molecular formula is C8H10FN5O. The fraction of sp³-hybridized carbons (Fsp3) is 0. The van der Waals surface area contributed by atoms with Gasteiger partial charge in [-0.1, -0.05) is 0 Å². The number of aliphatic imine (C=N–C) groups is 2. The van der Waals surface area contributed by atoms with Crippen LogP contribution in [0.3, 0.4) is 0 Å². The number of nitrogens with zero attached hydrogens (tertiary/aromatic N) is 2. The number of phenolic OH excluding ortho intramolecular Hbond substituents is 1. The molecule has 80 valence electrons. The SMILES string of the molecule is NC(N)=NC(N)=Nc1cc(O)ccc1F. The predicted octanol–water partition coefficient (Wildman–Crippen LogP) is -0.249. The Kier molecular flexibility index (Phi) is 3.06. The van der Waals surface area contributed by atoms with Crippen LogP contribution >= 0.6 is 0 Å². The zero-order valence-corrected chi connectivity index (χ0v) is 7.68. The number of hydrogen-bond donors (Lipinski definition) is 4. The molecule has 0 fully saturated rings. The first-order valence-electron chi connectivity index (χ1n) is 3.91. The van der Waals surface area contributed by atoms with Crippen LogP contribution in [0.1, 0.15) is 0 Å². The topological polar surface area (TPSA) is 123 Å². The molecule has 0 aliphatic rings. The lowest BCUT2D eigenvalue weighted by molar-refractivity contribution is 0.473. The van der Waals surface area contributed by atoms with Gasteiger partial charge in [-0.3, -0.25) is 0 Å². The van der Waals surface area contributed by atoms with E-state index in [4.69, 9.17) is 22.3 Å².